The zero-order valence-electron chi connectivity index (χ0n) is 12.0. The van der Waals surface area contributed by atoms with E-state index < -0.39 is 0 Å². The van der Waals surface area contributed by atoms with Crippen molar-refractivity contribution < 1.29 is 5.11 Å². The lowest BCUT2D eigenvalue weighted by Gasteiger charge is -2.15. The van der Waals surface area contributed by atoms with Gasteiger partial charge in [0.05, 0.1) is 0 Å². The van der Waals surface area contributed by atoms with Crippen LogP contribution in [-0.2, 0) is 0 Å². The van der Waals surface area contributed by atoms with Crippen molar-refractivity contribution >= 4 is 31.1 Å². The van der Waals surface area contributed by atoms with Gasteiger partial charge in [0.1, 0.15) is 5.75 Å². The second-order valence-corrected chi connectivity index (χ2v) is 6.02. The van der Waals surface area contributed by atoms with Crippen LogP contribution in [0.1, 0.15) is 5.56 Å². The van der Waals surface area contributed by atoms with Crippen molar-refractivity contribution in [3.05, 3.63) is 48.0 Å². The number of aliphatic imine (C=N–C) groups is 1. The Hall–Kier alpha value is -1.86. The molecule has 1 N–H and O–H groups in total. The average molecular weight is 286 g/mol. The number of benzene rings is 2. The fraction of sp³-hybridized carbons (Fsp3) is 0.188. The SMILES string of the molecule is CN=Cc1ccccc1Pc1cc(N(C)C)ccc1O. The van der Waals surface area contributed by atoms with E-state index >= 15 is 0 Å². The minimum Gasteiger partial charge on any atom is -0.507 e. The molecule has 104 valence electrons. The van der Waals surface area contributed by atoms with Crippen molar-refractivity contribution in [3.63, 3.8) is 0 Å². The lowest BCUT2D eigenvalue weighted by Crippen LogP contribution is -2.13. The maximum atomic E-state index is 10.1. The highest BCUT2D eigenvalue weighted by atomic mass is 31.1. The highest BCUT2D eigenvalue weighted by Crippen LogP contribution is 2.23. The number of hydrogen-bond donors (Lipinski definition) is 1. The van der Waals surface area contributed by atoms with Crippen LogP contribution in [0.4, 0.5) is 5.69 Å². The number of hydrogen-bond acceptors (Lipinski definition) is 3. The average Bonchev–Trinajstić information content (AvgIpc) is 2.43. The Labute approximate surface area is 121 Å². The van der Waals surface area contributed by atoms with Gasteiger partial charge in [0.2, 0.25) is 0 Å². The molecule has 20 heavy (non-hydrogen) atoms. The quantitative estimate of drug-likeness (QED) is 0.690. The molecule has 0 aliphatic rings. The van der Waals surface area contributed by atoms with Crippen LogP contribution in [0.5, 0.6) is 5.75 Å². The first-order valence-corrected chi connectivity index (χ1v) is 7.40. The second kappa shape index (κ2) is 6.53. The third kappa shape index (κ3) is 3.37. The Balaban J connectivity index is 2.37. The van der Waals surface area contributed by atoms with Crippen molar-refractivity contribution in [3.8, 4) is 5.75 Å². The summed E-state index contributed by atoms with van der Waals surface area (Å²) in [7, 11) is 6.17. The molecule has 2 rings (SSSR count). The molecule has 0 amide bonds. The van der Waals surface area contributed by atoms with Gasteiger partial charge in [-0.2, -0.15) is 0 Å². The highest BCUT2D eigenvalue weighted by molar-refractivity contribution is 7.56. The Morgan fingerprint density at radius 2 is 1.85 bits per heavy atom. The van der Waals surface area contributed by atoms with Crippen LogP contribution in [0.15, 0.2) is 47.5 Å². The molecular formula is C16H19N2OP. The van der Waals surface area contributed by atoms with Crippen molar-refractivity contribution in [1.29, 1.82) is 0 Å². The van der Waals surface area contributed by atoms with Gasteiger partial charge in [-0.25, -0.2) is 0 Å². The zero-order valence-corrected chi connectivity index (χ0v) is 13.0. The summed E-state index contributed by atoms with van der Waals surface area (Å²) in [4.78, 5) is 6.12. The molecule has 2 aromatic rings. The van der Waals surface area contributed by atoms with Crippen LogP contribution in [0.3, 0.4) is 0 Å². The van der Waals surface area contributed by atoms with Gasteiger partial charge in [0.15, 0.2) is 0 Å². The van der Waals surface area contributed by atoms with Crippen molar-refractivity contribution in [2.75, 3.05) is 26.0 Å². The van der Waals surface area contributed by atoms with Crippen LogP contribution in [0, 0.1) is 0 Å². The molecule has 3 nitrogen and oxygen atoms in total. The fourth-order valence-corrected chi connectivity index (χ4v) is 3.10. The zero-order chi connectivity index (χ0) is 14.5. The van der Waals surface area contributed by atoms with Crippen LogP contribution in [0.25, 0.3) is 0 Å². The monoisotopic (exact) mass is 286 g/mol. The first kappa shape index (κ1) is 14.5. The number of phenolic OH excluding ortho intramolecular Hbond substituents is 1. The van der Waals surface area contributed by atoms with E-state index in [1.165, 1.54) is 5.30 Å². The summed E-state index contributed by atoms with van der Waals surface area (Å²) in [6.07, 6.45) is 1.86. The maximum absolute atomic E-state index is 10.1. The van der Waals surface area contributed by atoms with E-state index in [0.29, 0.717) is 14.3 Å². The molecule has 2 aromatic carbocycles. The third-order valence-corrected chi connectivity index (χ3v) is 4.39. The Morgan fingerprint density at radius 1 is 1.10 bits per heavy atom. The van der Waals surface area contributed by atoms with Gasteiger partial charge in [-0.05, 0) is 29.1 Å². The van der Waals surface area contributed by atoms with E-state index in [2.05, 4.69) is 11.1 Å². The molecule has 0 fully saturated rings. The number of aromatic hydroxyl groups is 1. The minimum absolute atomic E-state index is 0.345. The van der Waals surface area contributed by atoms with Gasteiger partial charge in [-0.1, -0.05) is 32.8 Å². The molecule has 0 heterocycles. The smallest absolute Gasteiger partial charge is 0.123 e. The lowest BCUT2D eigenvalue weighted by atomic mass is 10.2. The van der Waals surface area contributed by atoms with Gasteiger partial charge in [0, 0.05) is 38.3 Å². The molecule has 4 heteroatoms. The second-order valence-electron chi connectivity index (χ2n) is 4.70. The normalized spacial score (nSPS) is 11.6. The summed E-state index contributed by atoms with van der Waals surface area (Å²) in [5, 5.41) is 12.2. The predicted octanol–water partition coefficient (Wildman–Crippen LogP) is 2.14. The molecule has 0 radical (unpaired) electrons. The first-order valence-electron chi connectivity index (χ1n) is 6.40. The van der Waals surface area contributed by atoms with Crippen LogP contribution in [0.2, 0.25) is 0 Å². The first-order chi connectivity index (χ1) is 9.61. The van der Waals surface area contributed by atoms with Gasteiger partial charge in [0.25, 0.3) is 0 Å². The highest BCUT2D eigenvalue weighted by Gasteiger charge is 2.07. The molecular weight excluding hydrogens is 267 g/mol. The van der Waals surface area contributed by atoms with E-state index in [9.17, 15) is 5.11 Å². The van der Waals surface area contributed by atoms with E-state index in [1.54, 1.807) is 13.1 Å². The van der Waals surface area contributed by atoms with Gasteiger partial charge >= 0.3 is 0 Å². The molecule has 1 unspecified atom stereocenters. The van der Waals surface area contributed by atoms with Crippen LogP contribution < -0.4 is 15.5 Å². The number of phenols is 1. The molecule has 0 aromatic heterocycles. The topological polar surface area (TPSA) is 35.8 Å². The summed E-state index contributed by atoms with van der Waals surface area (Å²) in [6.45, 7) is 0. The molecule has 0 bridgehead atoms. The Bertz CT molecular complexity index is 624. The fourth-order valence-electron chi connectivity index (χ4n) is 1.91. The van der Waals surface area contributed by atoms with Gasteiger partial charge < -0.3 is 10.0 Å². The standard InChI is InChI=1S/C16H19N2OP/c1-17-11-12-6-4-5-7-15(12)20-16-10-13(18(2)3)8-9-14(16)19/h4-11,19-20H,1-3H3. The summed E-state index contributed by atoms with van der Waals surface area (Å²) >= 11 is 0. The number of nitrogens with zero attached hydrogens (tertiary/aromatic N) is 2. The van der Waals surface area contributed by atoms with Crippen molar-refractivity contribution in [2.45, 2.75) is 0 Å². The van der Waals surface area contributed by atoms with Crippen LogP contribution in [-0.4, -0.2) is 32.5 Å². The summed E-state index contributed by atoms with van der Waals surface area (Å²) in [6, 6.07) is 13.9. The molecule has 0 aliphatic carbocycles. The summed E-state index contributed by atoms with van der Waals surface area (Å²) in [5.41, 5.74) is 2.19. The molecule has 0 aliphatic heterocycles. The number of rotatable bonds is 4. The molecule has 1 atom stereocenters. The van der Waals surface area contributed by atoms with E-state index in [1.807, 2.05) is 55.5 Å². The Morgan fingerprint density at radius 3 is 2.55 bits per heavy atom. The third-order valence-electron chi connectivity index (χ3n) is 2.99. The summed E-state index contributed by atoms with van der Waals surface area (Å²) < 4.78 is 0. The van der Waals surface area contributed by atoms with E-state index in [4.69, 9.17) is 0 Å². The predicted molar refractivity (Wildman–Crippen MR) is 90.0 cm³/mol. The molecule has 0 spiro atoms. The Kier molecular flexibility index (Phi) is 4.75. The van der Waals surface area contributed by atoms with Crippen molar-refractivity contribution in [1.82, 2.24) is 0 Å². The molecule has 0 saturated heterocycles. The maximum Gasteiger partial charge on any atom is 0.123 e. The van der Waals surface area contributed by atoms with E-state index in [-0.39, 0.29) is 0 Å². The van der Waals surface area contributed by atoms with Crippen molar-refractivity contribution in [2.24, 2.45) is 4.99 Å². The minimum atomic E-state index is 0.345. The summed E-state index contributed by atoms with van der Waals surface area (Å²) in [5.74, 6) is 0.345. The van der Waals surface area contributed by atoms with Gasteiger partial charge in [-0.15, -0.1) is 0 Å². The number of anilines is 1. The largest absolute Gasteiger partial charge is 0.507 e. The van der Waals surface area contributed by atoms with Crippen LogP contribution >= 0.6 is 8.58 Å². The van der Waals surface area contributed by atoms with E-state index in [0.717, 1.165) is 16.6 Å². The molecule has 0 saturated carbocycles. The lowest BCUT2D eigenvalue weighted by molar-refractivity contribution is 0.480. The van der Waals surface area contributed by atoms with Gasteiger partial charge in [-0.3, -0.25) is 4.99 Å².